The van der Waals surface area contributed by atoms with Crippen molar-refractivity contribution in [3.8, 4) is 11.5 Å². The van der Waals surface area contributed by atoms with Crippen LogP contribution in [0.3, 0.4) is 0 Å². The zero-order valence-electron chi connectivity index (χ0n) is 18.3. The van der Waals surface area contributed by atoms with Crippen LogP contribution in [-0.2, 0) is 19.6 Å². The lowest BCUT2D eigenvalue weighted by molar-refractivity contribution is -0.123. The lowest BCUT2D eigenvalue weighted by atomic mass is 10.2. The SMILES string of the molecule is COc1cc(OC)cc(C(=O)OC(C)C(=O)Nc2cc(S(=O)(=O)N(C)C)ccc2C)c1. The molecule has 1 amide bonds. The minimum absolute atomic E-state index is 0.0338. The van der Waals surface area contributed by atoms with E-state index in [0.29, 0.717) is 22.7 Å². The number of esters is 1. The maximum Gasteiger partial charge on any atom is 0.339 e. The van der Waals surface area contributed by atoms with Crippen molar-refractivity contribution in [2.75, 3.05) is 33.6 Å². The zero-order valence-corrected chi connectivity index (χ0v) is 19.1. The highest BCUT2D eigenvalue weighted by atomic mass is 32.2. The van der Waals surface area contributed by atoms with Gasteiger partial charge in [-0.3, -0.25) is 4.79 Å². The summed E-state index contributed by atoms with van der Waals surface area (Å²) in [6.45, 7) is 3.14. The van der Waals surface area contributed by atoms with Gasteiger partial charge >= 0.3 is 5.97 Å². The first-order valence-corrected chi connectivity index (χ1v) is 10.7. The third kappa shape index (κ3) is 5.74. The van der Waals surface area contributed by atoms with E-state index < -0.39 is 28.0 Å². The predicted octanol–water partition coefficient (Wildman–Crippen LogP) is 2.45. The summed E-state index contributed by atoms with van der Waals surface area (Å²) in [4.78, 5) is 25.1. The van der Waals surface area contributed by atoms with Crippen molar-refractivity contribution in [1.29, 1.82) is 0 Å². The van der Waals surface area contributed by atoms with Crippen molar-refractivity contribution >= 4 is 27.6 Å². The van der Waals surface area contributed by atoms with Crippen LogP contribution in [0.1, 0.15) is 22.8 Å². The normalized spacial score (nSPS) is 12.2. The Morgan fingerprint density at radius 3 is 2.10 bits per heavy atom. The molecule has 0 aliphatic carbocycles. The molecule has 10 heteroatoms. The highest BCUT2D eigenvalue weighted by Crippen LogP contribution is 2.24. The van der Waals surface area contributed by atoms with Crippen molar-refractivity contribution in [1.82, 2.24) is 4.31 Å². The molecule has 1 N–H and O–H groups in total. The number of benzene rings is 2. The molecule has 31 heavy (non-hydrogen) atoms. The van der Waals surface area contributed by atoms with Gasteiger partial charge in [0, 0.05) is 25.8 Å². The Morgan fingerprint density at radius 1 is 1.00 bits per heavy atom. The molecule has 0 fully saturated rings. The molecule has 0 spiro atoms. The van der Waals surface area contributed by atoms with E-state index in [9.17, 15) is 18.0 Å². The number of methoxy groups -OCH3 is 2. The summed E-state index contributed by atoms with van der Waals surface area (Å²) in [6.07, 6.45) is -1.14. The average molecular weight is 451 g/mol. The molecule has 168 valence electrons. The summed E-state index contributed by atoms with van der Waals surface area (Å²) < 4.78 is 41.3. The Hall–Kier alpha value is -3.11. The number of anilines is 1. The van der Waals surface area contributed by atoms with Gasteiger partial charge in [0.15, 0.2) is 6.10 Å². The Morgan fingerprint density at radius 2 is 1.58 bits per heavy atom. The molecule has 0 saturated heterocycles. The second-order valence-electron chi connectivity index (χ2n) is 6.90. The zero-order chi connectivity index (χ0) is 23.3. The molecule has 0 aliphatic rings. The first-order valence-electron chi connectivity index (χ1n) is 9.27. The number of carbonyl (C=O) groups is 2. The summed E-state index contributed by atoms with van der Waals surface area (Å²) in [7, 11) is 2.07. The van der Waals surface area contributed by atoms with Crippen molar-refractivity contribution in [2.45, 2.75) is 24.8 Å². The average Bonchev–Trinajstić information content (AvgIpc) is 2.74. The van der Waals surface area contributed by atoms with Gasteiger partial charge in [-0.05, 0) is 43.7 Å². The fourth-order valence-electron chi connectivity index (χ4n) is 2.55. The van der Waals surface area contributed by atoms with Crippen LogP contribution in [0.25, 0.3) is 0 Å². The lowest BCUT2D eigenvalue weighted by Gasteiger charge is -2.17. The molecule has 0 bridgehead atoms. The number of aryl methyl sites for hydroxylation is 1. The number of nitrogens with one attached hydrogen (secondary N) is 1. The summed E-state index contributed by atoms with van der Waals surface area (Å²) >= 11 is 0. The Bertz CT molecular complexity index is 1060. The summed E-state index contributed by atoms with van der Waals surface area (Å²) in [5, 5.41) is 2.61. The molecule has 0 heterocycles. The smallest absolute Gasteiger partial charge is 0.339 e. The standard InChI is InChI=1S/C21H26N2O7S/c1-13-7-8-18(31(26,27)23(3)4)12-19(13)22-20(24)14(2)30-21(25)15-9-16(28-5)11-17(10-15)29-6/h7-12,14H,1-6H3,(H,22,24). The van der Waals surface area contributed by atoms with Crippen molar-refractivity contribution in [3.05, 3.63) is 47.5 Å². The van der Waals surface area contributed by atoms with Gasteiger partial charge in [-0.25, -0.2) is 17.5 Å². The maximum atomic E-state index is 12.6. The highest BCUT2D eigenvalue weighted by molar-refractivity contribution is 7.89. The number of sulfonamides is 1. The number of amides is 1. The lowest BCUT2D eigenvalue weighted by Crippen LogP contribution is -2.30. The van der Waals surface area contributed by atoms with E-state index in [1.165, 1.54) is 59.5 Å². The van der Waals surface area contributed by atoms with Gasteiger partial charge < -0.3 is 19.5 Å². The Labute approximate surface area is 182 Å². The van der Waals surface area contributed by atoms with Crippen molar-refractivity contribution in [2.24, 2.45) is 0 Å². The number of nitrogens with zero attached hydrogens (tertiary/aromatic N) is 1. The van der Waals surface area contributed by atoms with Crippen molar-refractivity contribution in [3.63, 3.8) is 0 Å². The minimum Gasteiger partial charge on any atom is -0.497 e. The Balaban J connectivity index is 2.17. The first-order chi connectivity index (χ1) is 14.5. The molecule has 2 aromatic carbocycles. The minimum atomic E-state index is -3.67. The van der Waals surface area contributed by atoms with E-state index in [0.717, 1.165) is 4.31 Å². The van der Waals surface area contributed by atoms with Crippen LogP contribution >= 0.6 is 0 Å². The second kappa shape index (κ2) is 9.80. The number of rotatable bonds is 8. The van der Waals surface area contributed by atoms with E-state index >= 15 is 0 Å². The van der Waals surface area contributed by atoms with Gasteiger partial charge in [-0.2, -0.15) is 0 Å². The quantitative estimate of drug-likeness (QED) is 0.615. The van der Waals surface area contributed by atoms with Gasteiger partial charge in [0.2, 0.25) is 10.0 Å². The molecule has 9 nitrogen and oxygen atoms in total. The van der Waals surface area contributed by atoms with Gasteiger partial charge in [0.05, 0.1) is 24.7 Å². The summed E-state index contributed by atoms with van der Waals surface area (Å²) in [5.41, 5.74) is 1.12. The van der Waals surface area contributed by atoms with Gasteiger partial charge in [-0.15, -0.1) is 0 Å². The van der Waals surface area contributed by atoms with E-state index in [4.69, 9.17) is 14.2 Å². The molecule has 1 atom stereocenters. The second-order valence-corrected chi connectivity index (χ2v) is 9.05. The monoisotopic (exact) mass is 450 g/mol. The molecular formula is C21H26N2O7S. The molecular weight excluding hydrogens is 424 g/mol. The van der Waals surface area contributed by atoms with E-state index in [-0.39, 0.29) is 10.5 Å². The fraction of sp³-hybridized carbons (Fsp3) is 0.333. The van der Waals surface area contributed by atoms with Crippen molar-refractivity contribution < 1.29 is 32.2 Å². The molecule has 2 aromatic rings. The van der Waals surface area contributed by atoms with Gasteiger partial charge in [-0.1, -0.05) is 6.07 Å². The maximum absolute atomic E-state index is 12.6. The molecule has 2 rings (SSSR count). The molecule has 0 aliphatic heterocycles. The largest absolute Gasteiger partial charge is 0.497 e. The third-order valence-corrected chi connectivity index (χ3v) is 6.30. The molecule has 1 unspecified atom stereocenters. The van der Waals surface area contributed by atoms with Crippen LogP contribution in [0.2, 0.25) is 0 Å². The first kappa shape index (κ1) is 24.2. The summed E-state index contributed by atoms with van der Waals surface area (Å²) in [5.74, 6) is -0.540. The number of hydrogen-bond acceptors (Lipinski definition) is 7. The Kier molecular flexibility index (Phi) is 7.64. The fourth-order valence-corrected chi connectivity index (χ4v) is 3.48. The topological polar surface area (TPSA) is 111 Å². The van der Waals surface area contributed by atoms with E-state index in [2.05, 4.69) is 5.32 Å². The summed E-state index contributed by atoms with van der Waals surface area (Å²) in [6, 6.07) is 8.95. The van der Waals surface area contributed by atoms with Crippen LogP contribution in [0, 0.1) is 6.92 Å². The highest BCUT2D eigenvalue weighted by Gasteiger charge is 2.22. The van der Waals surface area contributed by atoms with Crippen LogP contribution in [-0.4, -0.2) is 59.0 Å². The molecule has 0 aromatic heterocycles. The van der Waals surface area contributed by atoms with Gasteiger partial charge in [0.1, 0.15) is 11.5 Å². The number of carbonyl (C=O) groups excluding carboxylic acids is 2. The van der Waals surface area contributed by atoms with E-state index in [1.807, 2.05) is 0 Å². The van der Waals surface area contributed by atoms with Crippen LogP contribution in [0.5, 0.6) is 11.5 Å². The van der Waals surface area contributed by atoms with Crippen LogP contribution < -0.4 is 14.8 Å². The third-order valence-electron chi connectivity index (χ3n) is 4.49. The predicted molar refractivity (Wildman–Crippen MR) is 115 cm³/mol. The van der Waals surface area contributed by atoms with Crippen LogP contribution in [0.15, 0.2) is 41.3 Å². The van der Waals surface area contributed by atoms with Gasteiger partial charge in [0.25, 0.3) is 5.91 Å². The number of hydrogen-bond donors (Lipinski definition) is 1. The van der Waals surface area contributed by atoms with Crippen LogP contribution in [0.4, 0.5) is 5.69 Å². The number of ether oxygens (including phenoxy) is 3. The van der Waals surface area contributed by atoms with E-state index in [1.54, 1.807) is 19.1 Å². The molecule has 0 saturated carbocycles. The molecule has 0 radical (unpaired) electrons.